The van der Waals surface area contributed by atoms with Gasteiger partial charge in [-0.1, -0.05) is 6.08 Å². The van der Waals surface area contributed by atoms with E-state index in [0.29, 0.717) is 10.7 Å². The first-order valence-corrected chi connectivity index (χ1v) is 5.37. The van der Waals surface area contributed by atoms with Crippen LogP contribution in [0.3, 0.4) is 0 Å². The van der Waals surface area contributed by atoms with E-state index in [4.69, 9.17) is 0 Å². The average molecular weight is 220 g/mol. The van der Waals surface area contributed by atoms with Crippen molar-refractivity contribution in [2.24, 2.45) is 0 Å². The maximum Gasteiger partial charge on any atom is 0.159 e. The Hall–Kier alpha value is -1.55. The van der Waals surface area contributed by atoms with Crippen molar-refractivity contribution in [1.82, 2.24) is 9.97 Å². The molecule has 0 amide bonds. The monoisotopic (exact) mass is 220 g/mol. The lowest BCUT2D eigenvalue weighted by Crippen LogP contribution is -1.83. The Balaban J connectivity index is 2.36. The van der Waals surface area contributed by atoms with Crippen molar-refractivity contribution in [2.75, 3.05) is 0 Å². The van der Waals surface area contributed by atoms with E-state index in [0.717, 1.165) is 5.56 Å². The van der Waals surface area contributed by atoms with Crippen molar-refractivity contribution in [2.45, 2.75) is 6.92 Å². The van der Waals surface area contributed by atoms with Crippen molar-refractivity contribution in [3.63, 3.8) is 0 Å². The maximum atomic E-state index is 13.2. The molecule has 0 saturated carbocycles. The Morgan fingerprint density at radius 1 is 1.40 bits per heavy atom. The van der Waals surface area contributed by atoms with Crippen molar-refractivity contribution >= 4 is 17.2 Å². The van der Waals surface area contributed by atoms with E-state index in [1.165, 1.54) is 17.4 Å². The molecule has 2 aromatic rings. The quantitative estimate of drug-likeness (QED) is 0.773. The van der Waals surface area contributed by atoms with E-state index in [-0.39, 0.29) is 5.83 Å². The summed E-state index contributed by atoms with van der Waals surface area (Å²) in [6, 6.07) is 3.51. The van der Waals surface area contributed by atoms with Gasteiger partial charge in [0.1, 0.15) is 5.83 Å². The zero-order chi connectivity index (χ0) is 10.7. The molecule has 2 aromatic heterocycles. The third-order valence-electron chi connectivity index (χ3n) is 1.91. The summed E-state index contributed by atoms with van der Waals surface area (Å²) in [7, 11) is 0. The fourth-order valence-electron chi connectivity index (χ4n) is 1.17. The van der Waals surface area contributed by atoms with E-state index in [1.807, 2.05) is 5.38 Å². The summed E-state index contributed by atoms with van der Waals surface area (Å²) in [6.45, 7) is 1.67. The van der Waals surface area contributed by atoms with Gasteiger partial charge in [0.05, 0.1) is 4.88 Å². The Labute approximate surface area is 91.1 Å². The van der Waals surface area contributed by atoms with Crippen LogP contribution < -0.4 is 0 Å². The van der Waals surface area contributed by atoms with Gasteiger partial charge in [0.15, 0.2) is 5.82 Å². The predicted octanol–water partition coefficient (Wildman–Crippen LogP) is 3.54. The third-order valence-corrected chi connectivity index (χ3v) is 2.85. The number of nitrogens with zero attached hydrogens (tertiary/aromatic N) is 2. The molecule has 0 saturated heterocycles. The lowest BCUT2D eigenvalue weighted by atomic mass is 10.3. The Morgan fingerprint density at radius 3 is 2.80 bits per heavy atom. The minimum atomic E-state index is -0.206. The Morgan fingerprint density at radius 2 is 2.13 bits per heavy atom. The molecule has 0 aliphatic heterocycles. The molecule has 76 valence electrons. The number of rotatable bonds is 2. The van der Waals surface area contributed by atoms with Gasteiger partial charge >= 0.3 is 0 Å². The predicted molar refractivity (Wildman–Crippen MR) is 60.1 cm³/mol. The van der Waals surface area contributed by atoms with Crippen LogP contribution in [0.25, 0.3) is 17.2 Å². The fraction of sp³-hybridized carbons (Fsp3) is 0.0909. The maximum absolute atomic E-state index is 13.2. The van der Waals surface area contributed by atoms with Gasteiger partial charge in [-0.15, -0.1) is 11.3 Å². The molecule has 0 fully saturated rings. The van der Waals surface area contributed by atoms with Crippen LogP contribution in [0.1, 0.15) is 11.8 Å². The first-order chi connectivity index (χ1) is 7.31. The standard InChI is InChI=1S/C11H9FN2S/c1-2-9(12)10-6-8(7-15-10)11-13-4-3-5-14-11/h2-7H,1H3/b9-2+. The topological polar surface area (TPSA) is 25.8 Å². The fourth-order valence-corrected chi connectivity index (χ4v) is 2.02. The Kier molecular flexibility index (Phi) is 2.87. The van der Waals surface area contributed by atoms with Crippen LogP contribution in [-0.4, -0.2) is 9.97 Å². The van der Waals surface area contributed by atoms with Crippen molar-refractivity contribution in [1.29, 1.82) is 0 Å². The first kappa shape index (κ1) is 9.98. The van der Waals surface area contributed by atoms with E-state index < -0.39 is 0 Å². The molecule has 0 bridgehead atoms. The molecule has 0 unspecified atom stereocenters. The van der Waals surface area contributed by atoms with Crippen LogP contribution in [0.15, 0.2) is 36.0 Å². The van der Waals surface area contributed by atoms with E-state index in [9.17, 15) is 4.39 Å². The smallest absolute Gasteiger partial charge is 0.159 e. The minimum Gasteiger partial charge on any atom is -0.237 e. The van der Waals surface area contributed by atoms with Crippen molar-refractivity contribution in [3.8, 4) is 11.4 Å². The van der Waals surface area contributed by atoms with Gasteiger partial charge in [-0.05, 0) is 19.1 Å². The molecule has 15 heavy (non-hydrogen) atoms. The molecule has 2 rings (SSSR count). The molecule has 4 heteroatoms. The van der Waals surface area contributed by atoms with Gasteiger partial charge < -0.3 is 0 Å². The minimum absolute atomic E-state index is 0.206. The second kappa shape index (κ2) is 4.31. The second-order valence-electron chi connectivity index (χ2n) is 2.91. The normalized spacial score (nSPS) is 11.7. The van der Waals surface area contributed by atoms with Gasteiger partial charge in [0.25, 0.3) is 0 Å². The number of thiophene rings is 1. The van der Waals surface area contributed by atoms with E-state index in [2.05, 4.69) is 9.97 Å². The molecule has 0 radical (unpaired) electrons. The average Bonchev–Trinajstić information content (AvgIpc) is 2.78. The van der Waals surface area contributed by atoms with Crippen LogP contribution in [-0.2, 0) is 0 Å². The van der Waals surface area contributed by atoms with Crippen LogP contribution in [0.2, 0.25) is 0 Å². The zero-order valence-corrected chi connectivity index (χ0v) is 8.96. The van der Waals surface area contributed by atoms with Crippen LogP contribution >= 0.6 is 11.3 Å². The van der Waals surface area contributed by atoms with Crippen LogP contribution in [0, 0.1) is 0 Å². The summed E-state index contributed by atoms with van der Waals surface area (Å²) in [5.41, 5.74) is 0.854. The Bertz CT molecular complexity index is 476. The highest BCUT2D eigenvalue weighted by Gasteiger charge is 2.06. The van der Waals surface area contributed by atoms with Crippen molar-refractivity contribution < 1.29 is 4.39 Å². The van der Waals surface area contributed by atoms with Gasteiger partial charge in [-0.3, -0.25) is 0 Å². The highest BCUT2D eigenvalue weighted by Crippen LogP contribution is 2.28. The summed E-state index contributed by atoms with van der Waals surface area (Å²) < 4.78 is 13.2. The molecular weight excluding hydrogens is 211 g/mol. The summed E-state index contributed by atoms with van der Waals surface area (Å²) in [5, 5.41) is 1.85. The number of allylic oxidation sites excluding steroid dienone is 1. The molecule has 2 heterocycles. The lowest BCUT2D eigenvalue weighted by Gasteiger charge is -1.92. The number of hydrogen-bond donors (Lipinski definition) is 0. The molecule has 0 N–H and O–H groups in total. The number of halogens is 1. The largest absolute Gasteiger partial charge is 0.237 e. The van der Waals surface area contributed by atoms with Gasteiger partial charge in [-0.25, -0.2) is 14.4 Å². The lowest BCUT2D eigenvalue weighted by molar-refractivity contribution is 0.762. The van der Waals surface area contributed by atoms with Gasteiger partial charge in [0.2, 0.25) is 0 Å². The summed E-state index contributed by atoms with van der Waals surface area (Å²) in [5.74, 6) is 0.422. The summed E-state index contributed by atoms with van der Waals surface area (Å²) in [6.07, 6.45) is 4.79. The van der Waals surface area contributed by atoms with Crippen LogP contribution in [0.5, 0.6) is 0 Å². The highest BCUT2D eigenvalue weighted by atomic mass is 32.1. The van der Waals surface area contributed by atoms with Crippen molar-refractivity contribution in [3.05, 3.63) is 40.9 Å². The summed E-state index contributed by atoms with van der Waals surface area (Å²) >= 11 is 1.35. The van der Waals surface area contributed by atoms with E-state index >= 15 is 0 Å². The van der Waals surface area contributed by atoms with Crippen LogP contribution in [0.4, 0.5) is 4.39 Å². The van der Waals surface area contributed by atoms with Gasteiger partial charge in [-0.2, -0.15) is 0 Å². The molecule has 0 atom stereocenters. The first-order valence-electron chi connectivity index (χ1n) is 4.49. The third kappa shape index (κ3) is 2.10. The van der Waals surface area contributed by atoms with Gasteiger partial charge in [0, 0.05) is 23.3 Å². The zero-order valence-electron chi connectivity index (χ0n) is 8.14. The summed E-state index contributed by atoms with van der Waals surface area (Å²) in [4.78, 5) is 8.81. The highest BCUT2D eigenvalue weighted by molar-refractivity contribution is 7.11. The van der Waals surface area contributed by atoms with E-state index in [1.54, 1.807) is 31.5 Å². The molecule has 0 aliphatic carbocycles. The molecular formula is C11H9FN2S. The second-order valence-corrected chi connectivity index (χ2v) is 3.82. The number of hydrogen-bond acceptors (Lipinski definition) is 3. The molecule has 0 aliphatic rings. The molecule has 0 aromatic carbocycles. The SMILES string of the molecule is C/C=C(/F)c1cc(-c2ncccn2)cs1. The number of aromatic nitrogens is 2. The molecule has 2 nitrogen and oxygen atoms in total. The molecule has 0 spiro atoms.